The van der Waals surface area contributed by atoms with Gasteiger partial charge in [-0.15, -0.1) is 11.3 Å². The van der Waals surface area contributed by atoms with Gasteiger partial charge in [-0.3, -0.25) is 4.40 Å². The summed E-state index contributed by atoms with van der Waals surface area (Å²) in [6.07, 6.45) is 4.80. The molecule has 0 radical (unpaired) electrons. The Bertz CT molecular complexity index is 1400. The van der Waals surface area contributed by atoms with Crippen molar-refractivity contribution in [2.75, 3.05) is 39.2 Å². The lowest BCUT2D eigenvalue weighted by Gasteiger charge is -2.26. The van der Waals surface area contributed by atoms with Gasteiger partial charge in [0.1, 0.15) is 11.5 Å². The lowest BCUT2D eigenvalue weighted by atomic mass is 10.1. The van der Waals surface area contributed by atoms with Crippen LogP contribution in [0.5, 0.6) is 11.5 Å². The zero-order valence-electron chi connectivity index (χ0n) is 22.3. The summed E-state index contributed by atoms with van der Waals surface area (Å²) in [5.74, 6) is 1.49. The number of carbonyl (C=O) groups is 1. The molecule has 200 valence electrons. The monoisotopic (exact) mass is 534 g/mol. The summed E-state index contributed by atoms with van der Waals surface area (Å²) in [6.45, 7) is 5.93. The highest BCUT2D eigenvalue weighted by Crippen LogP contribution is 2.34. The highest BCUT2D eigenvalue weighted by Gasteiger charge is 2.24. The molecular formula is C29H34N4O4S. The van der Waals surface area contributed by atoms with Crippen molar-refractivity contribution in [1.82, 2.24) is 14.3 Å². The van der Waals surface area contributed by atoms with Crippen molar-refractivity contribution >= 4 is 28.0 Å². The minimum absolute atomic E-state index is 0.0709. The fourth-order valence-corrected chi connectivity index (χ4v) is 5.82. The Labute approximate surface area is 227 Å². The second-order valence-electron chi connectivity index (χ2n) is 9.60. The number of rotatable bonds is 9. The van der Waals surface area contributed by atoms with Gasteiger partial charge in [0.05, 0.1) is 26.0 Å². The molecule has 0 aliphatic carbocycles. The van der Waals surface area contributed by atoms with E-state index in [9.17, 15) is 4.79 Å². The molecule has 2 aromatic carbocycles. The molecule has 0 bridgehead atoms. The third-order valence-corrected chi connectivity index (χ3v) is 7.94. The molecule has 1 unspecified atom stereocenters. The molecule has 2 aromatic heterocycles. The van der Waals surface area contributed by atoms with Crippen molar-refractivity contribution < 1.29 is 19.0 Å². The van der Waals surface area contributed by atoms with Gasteiger partial charge >= 0.3 is 6.03 Å². The molecule has 8 nitrogen and oxygen atoms in total. The van der Waals surface area contributed by atoms with Crippen LogP contribution < -0.4 is 14.8 Å². The number of aryl methyl sites for hydroxylation is 2. The maximum atomic E-state index is 13.5. The van der Waals surface area contributed by atoms with Crippen molar-refractivity contribution in [3.63, 3.8) is 0 Å². The van der Waals surface area contributed by atoms with E-state index >= 15 is 0 Å². The highest BCUT2D eigenvalue weighted by atomic mass is 32.1. The van der Waals surface area contributed by atoms with Gasteiger partial charge in [0.2, 0.25) is 0 Å². The van der Waals surface area contributed by atoms with Gasteiger partial charge in [-0.1, -0.05) is 18.2 Å². The summed E-state index contributed by atoms with van der Waals surface area (Å²) >= 11 is 1.59. The van der Waals surface area contributed by atoms with E-state index in [4.69, 9.17) is 19.2 Å². The number of ether oxygens (including phenoxy) is 3. The number of amides is 2. The first kappa shape index (κ1) is 26.1. The summed E-state index contributed by atoms with van der Waals surface area (Å²) in [5, 5.41) is 5.27. The first-order valence-corrected chi connectivity index (χ1v) is 13.8. The Morgan fingerprint density at radius 3 is 2.74 bits per heavy atom. The Hall–Kier alpha value is -3.56. The number of hydrogen-bond donors (Lipinski definition) is 1. The van der Waals surface area contributed by atoms with E-state index in [2.05, 4.69) is 15.1 Å². The molecule has 1 saturated heterocycles. The summed E-state index contributed by atoms with van der Waals surface area (Å²) in [5.41, 5.74) is 5.77. The maximum absolute atomic E-state index is 13.5. The van der Waals surface area contributed by atoms with Crippen LogP contribution in [0, 0.1) is 13.8 Å². The fraction of sp³-hybridized carbons (Fsp3) is 0.379. The van der Waals surface area contributed by atoms with Gasteiger partial charge in [-0.2, -0.15) is 0 Å². The number of carbonyl (C=O) groups excluding carboxylic acids is 1. The van der Waals surface area contributed by atoms with Crippen LogP contribution in [0.15, 0.2) is 48.0 Å². The number of aromatic nitrogens is 2. The number of methoxy groups -OCH3 is 2. The predicted octanol–water partition coefficient (Wildman–Crippen LogP) is 5.95. The van der Waals surface area contributed by atoms with E-state index in [1.807, 2.05) is 61.3 Å². The first-order valence-electron chi connectivity index (χ1n) is 12.9. The number of imidazole rings is 1. The van der Waals surface area contributed by atoms with Gasteiger partial charge < -0.3 is 24.4 Å². The standard InChI is InChI=1S/C29H34N4O4S/c1-19-7-5-8-20(2)27(19)31-28(34)32(16-23-9-6-14-37-23)13-12-21-18-38-29-30-25(17-33(21)29)24-15-22(35-3)10-11-26(24)36-4/h5,7-8,10-11,15,17-18,23H,6,9,12-14,16H2,1-4H3,(H,31,34). The zero-order valence-corrected chi connectivity index (χ0v) is 23.1. The minimum Gasteiger partial charge on any atom is -0.497 e. The number of nitrogens with one attached hydrogen (secondary N) is 1. The van der Waals surface area contributed by atoms with Crippen LogP contribution in [-0.4, -0.2) is 60.3 Å². The molecule has 1 aliphatic heterocycles. The smallest absolute Gasteiger partial charge is 0.321 e. The molecular weight excluding hydrogens is 500 g/mol. The summed E-state index contributed by atoms with van der Waals surface area (Å²) < 4.78 is 19.0. The molecule has 2 amide bonds. The largest absolute Gasteiger partial charge is 0.497 e. The normalized spacial score (nSPS) is 15.1. The third-order valence-electron chi connectivity index (χ3n) is 7.05. The van der Waals surface area contributed by atoms with Gasteiger partial charge in [0.15, 0.2) is 4.96 Å². The second kappa shape index (κ2) is 11.4. The Kier molecular flexibility index (Phi) is 7.85. The Morgan fingerprint density at radius 2 is 2.03 bits per heavy atom. The van der Waals surface area contributed by atoms with Crippen LogP contribution in [0.2, 0.25) is 0 Å². The van der Waals surface area contributed by atoms with E-state index in [0.717, 1.165) is 69.7 Å². The average molecular weight is 535 g/mol. The topological polar surface area (TPSA) is 77.3 Å². The van der Waals surface area contributed by atoms with Crippen molar-refractivity contribution in [2.24, 2.45) is 0 Å². The van der Waals surface area contributed by atoms with E-state index in [0.29, 0.717) is 19.5 Å². The predicted molar refractivity (Wildman–Crippen MR) is 151 cm³/mol. The van der Waals surface area contributed by atoms with Crippen molar-refractivity contribution in [2.45, 2.75) is 39.2 Å². The van der Waals surface area contributed by atoms with Crippen LogP contribution in [0.25, 0.3) is 16.2 Å². The Balaban J connectivity index is 1.36. The number of hydrogen-bond acceptors (Lipinski definition) is 6. The molecule has 1 fully saturated rings. The molecule has 3 heterocycles. The summed E-state index contributed by atoms with van der Waals surface area (Å²) in [7, 11) is 3.30. The summed E-state index contributed by atoms with van der Waals surface area (Å²) in [4.78, 5) is 21.1. The van der Waals surface area contributed by atoms with E-state index in [1.54, 1.807) is 25.6 Å². The van der Waals surface area contributed by atoms with Crippen molar-refractivity contribution in [3.8, 4) is 22.8 Å². The maximum Gasteiger partial charge on any atom is 0.321 e. The molecule has 0 spiro atoms. The number of nitrogens with zero attached hydrogens (tertiary/aromatic N) is 3. The van der Waals surface area contributed by atoms with Crippen molar-refractivity contribution in [3.05, 3.63) is 64.8 Å². The molecule has 1 aliphatic rings. The number of benzene rings is 2. The second-order valence-corrected chi connectivity index (χ2v) is 10.4. The number of para-hydroxylation sites is 1. The quantitative estimate of drug-likeness (QED) is 0.287. The van der Waals surface area contributed by atoms with Crippen LogP contribution in [-0.2, 0) is 11.2 Å². The van der Waals surface area contributed by atoms with Gasteiger partial charge in [-0.25, -0.2) is 9.78 Å². The SMILES string of the molecule is COc1ccc(OC)c(-c2cn3c(CCN(CC4CCCO4)C(=O)Nc4c(C)cccc4C)csc3n2)c1. The van der Waals surface area contributed by atoms with Crippen LogP contribution in [0.1, 0.15) is 29.7 Å². The zero-order chi connectivity index (χ0) is 26.6. The van der Waals surface area contributed by atoms with Gasteiger partial charge in [0, 0.05) is 54.6 Å². The van der Waals surface area contributed by atoms with Gasteiger partial charge in [-0.05, 0) is 56.0 Å². The third kappa shape index (κ3) is 5.49. The van der Waals surface area contributed by atoms with Crippen LogP contribution >= 0.6 is 11.3 Å². The van der Waals surface area contributed by atoms with E-state index in [-0.39, 0.29) is 12.1 Å². The van der Waals surface area contributed by atoms with E-state index < -0.39 is 0 Å². The molecule has 9 heteroatoms. The lowest BCUT2D eigenvalue weighted by molar-refractivity contribution is 0.0838. The molecule has 38 heavy (non-hydrogen) atoms. The molecule has 1 atom stereocenters. The molecule has 5 rings (SSSR count). The number of thiazole rings is 1. The Morgan fingerprint density at radius 1 is 1.21 bits per heavy atom. The van der Waals surface area contributed by atoms with E-state index in [1.165, 1.54) is 0 Å². The highest BCUT2D eigenvalue weighted by molar-refractivity contribution is 7.15. The lowest BCUT2D eigenvalue weighted by Crippen LogP contribution is -2.41. The fourth-order valence-electron chi connectivity index (χ4n) is 4.91. The average Bonchev–Trinajstić information content (AvgIpc) is 3.67. The molecule has 4 aromatic rings. The number of urea groups is 1. The first-order chi connectivity index (χ1) is 18.5. The summed E-state index contributed by atoms with van der Waals surface area (Å²) in [6, 6.07) is 11.6. The molecule has 1 N–H and O–H groups in total. The van der Waals surface area contributed by atoms with Crippen LogP contribution in [0.3, 0.4) is 0 Å². The number of anilines is 1. The van der Waals surface area contributed by atoms with Crippen LogP contribution in [0.4, 0.5) is 10.5 Å². The molecule has 0 saturated carbocycles. The minimum atomic E-state index is -0.100. The number of fused-ring (bicyclic) bond motifs is 1. The van der Waals surface area contributed by atoms with Gasteiger partial charge in [0.25, 0.3) is 0 Å². The van der Waals surface area contributed by atoms with Crippen molar-refractivity contribution in [1.29, 1.82) is 0 Å².